The van der Waals surface area contributed by atoms with Gasteiger partial charge in [0, 0.05) is 30.8 Å². The molecule has 2 fully saturated rings. The van der Waals surface area contributed by atoms with Crippen LogP contribution in [0.4, 0.5) is 4.79 Å². The van der Waals surface area contributed by atoms with Crippen molar-refractivity contribution in [2.45, 2.75) is 56.2 Å². The average molecular weight is 465 g/mol. The van der Waals surface area contributed by atoms with Crippen LogP contribution in [0.2, 0.25) is 0 Å². The first-order chi connectivity index (χ1) is 17.0. The van der Waals surface area contributed by atoms with Crippen molar-refractivity contribution in [2.24, 2.45) is 0 Å². The minimum Gasteiger partial charge on any atom is -0.448 e. The highest BCUT2D eigenvalue weighted by molar-refractivity contribution is 5.79. The van der Waals surface area contributed by atoms with Crippen LogP contribution >= 0.6 is 0 Å². The third kappa shape index (κ3) is 3.52. The third-order valence-corrected chi connectivity index (χ3v) is 8.21. The lowest BCUT2D eigenvalue weighted by Crippen LogP contribution is -2.52. The Morgan fingerprint density at radius 2 is 1.63 bits per heavy atom. The number of aliphatic hydroxyl groups is 1. The molecular weight excluding hydrogens is 436 g/mol. The van der Waals surface area contributed by atoms with Gasteiger partial charge in [0.15, 0.2) is 0 Å². The van der Waals surface area contributed by atoms with E-state index >= 15 is 0 Å². The van der Waals surface area contributed by atoms with Gasteiger partial charge >= 0.3 is 6.09 Å². The molecule has 0 aromatic heterocycles. The van der Waals surface area contributed by atoms with E-state index in [1.807, 2.05) is 48.2 Å². The number of benzene rings is 3. The van der Waals surface area contributed by atoms with Crippen molar-refractivity contribution in [1.82, 2.24) is 4.90 Å². The second-order valence-corrected chi connectivity index (χ2v) is 10.2. The number of nitriles is 1. The smallest absolute Gasteiger partial charge is 0.410 e. The van der Waals surface area contributed by atoms with E-state index in [0.717, 1.165) is 24.0 Å². The largest absolute Gasteiger partial charge is 0.448 e. The van der Waals surface area contributed by atoms with Crippen molar-refractivity contribution >= 4 is 6.09 Å². The summed E-state index contributed by atoms with van der Waals surface area (Å²) in [5, 5.41) is 21.0. The minimum absolute atomic E-state index is 0.0303. The van der Waals surface area contributed by atoms with Crippen LogP contribution in [0.25, 0.3) is 11.1 Å². The maximum atomic E-state index is 13.3. The predicted molar refractivity (Wildman–Crippen MR) is 133 cm³/mol. The SMILES string of the molecule is Cc1ccc(C2(O)CC3CCC(C2)N3C(=O)OCC2c3ccccc3-c3ccccc32)cc1C#N. The number of amides is 1. The Morgan fingerprint density at radius 1 is 1.03 bits per heavy atom. The number of ether oxygens (including phenoxy) is 1. The van der Waals surface area contributed by atoms with Crippen molar-refractivity contribution in [3.05, 3.63) is 94.5 Å². The first-order valence-electron chi connectivity index (χ1n) is 12.4. The van der Waals surface area contributed by atoms with Crippen LogP contribution in [0.5, 0.6) is 0 Å². The monoisotopic (exact) mass is 464 g/mol. The molecule has 1 amide bonds. The number of carbonyl (C=O) groups is 1. The fourth-order valence-corrected chi connectivity index (χ4v) is 6.46. The number of aryl methyl sites for hydroxylation is 1. The lowest BCUT2D eigenvalue weighted by molar-refractivity contribution is -0.0531. The van der Waals surface area contributed by atoms with Crippen molar-refractivity contribution < 1.29 is 14.6 Å². The summed E-state index contributed by atoms with van der Waals surface area (Å²) in [6.07, 6.45) is 2.34. The summed E-state index contributed by atoms with van der Waals surface area (Å²) in [5.74, 6) is 0.0303. The van der Waals surface area contributed by atoms with Gasteiger partial charge in [-0.1, -0.05) is 60.7 Å². The molecule has 2 bridgehead atoms. The van der Waals surface area contributed by atoms with Crippen LogP contribution in [-0.4, -0.2) is 34.8 Å². The Hall–Kier alpha value is -3.62. The average Bonchev–Trinajstić information content (AvgIpc) is 3.35. The van der Waals surface area contributed by atoms with E-state index in [-0.39, 0.29) is 24.1 Å². The minimum atomic E-state index is -1.04. The van der Waals surface area contributed by atoms with E-state index in [1.54, 1.807) is 6.07 Å². The van der Waals surface area contributed by atoms with Crippen LogP contribution < -0.4 is 0 Å². The molecular formula is C30H28N2O3. The van der Waals surface area contributed by atoms with E-state index in [4.69, 9.17) is 4.74 Å². The molecule has 2 aliphatic heterocycles. The number of carbonyl (C=O) groups excluding carboxylic acids is 1. The number of hydrogen-bond acceptors (Lipinski definition) is 4. The summed E-state index contributed by atoms with van der Waals surface area (Å²) in [4.78, 5) is 15.2. The van der Waals surface area contributed by atoms with Crippen LogP contribution in [-0.2, 0) is 10.3 Å². The molecule has 5 nitrogen and oxygen atoms in total. The molecule has 176 valence electrons. The first-order valence-corrected chi connectivity index (χ1v) is 12.4. The molecule has 0 saturated carbocycles. The number of fused-ring (bicyclic) bond motifs is 5. The summed E-state index contributed by atoms with van der Waals surface area (Å²) < 4.78 is 5.95. The lowest BCUT2D eigenvalue weighted by Gasteiger charge is -2.43. The normalized spacial score (nSPS) is 24.5. The maximum Gasteiger partial charge on any atom is 0.410 e. The molecule has 2 atom stereocenters. The Bertz CT molecular complexity index is 1300. The van der Waals surface area contributed by atoms with Crippen LogP contribution in [0.15, 0.2) is 66.7 Å². The molecule has 1 aliphatic carbocycles. The third-order valence-electron chi connectivity index (χ3n) is 8.21. The van der Waals surface area contributed by atoms with Crippen molar-refractivity contribution in [2.75, 3.05) is 6.61 Å². The number of hydrogen-bond donors (Lipinski definition) is 1. The molecule has 3 aromatic carbocycles. The van der Waals surface area contributed by atoms with Gasteiger partial charge in [-0.2, -0.15) is 5.26 Å². The van der Waals surface area contributed by atoms with E-state index < -0.39 is 5.60 Å². The Balaban J connectivity index is 1.19. The molecule has 35 heavy (non-hydrogen) atoms. The Kier molecular flexibility index (Phi) is 5.16. The molecule has 0 spiro atoms. The molecule has 3 aliphatic rings. The summed E-state index contributed by atoms with van der Waals surface area (Å²) in [5.41, 5.74) is 6.04. The highest BCUT2D eigenvalue weighted by Crippen LogP contribution is 2.47. The van der Waals surface area contributed by atoms with Gasteiger partial charge in [-0.3, -0.25) is 0 Å². The second-order valence-electron chi connectivity index (χ2n) is 10.2. The van der Waals surface area contributed by atoms with Gasteiger partial charge in [-0.25, -0.2) is 4.79 Å². The van der Waals surface area contributed by atoms with Crippen LogP contribution in [0, 0.1) is 18.3 Å². The molecule has 2 saturated heterocycles. The van der Waals surface area contributed by atoms with E-state index in [2.05, 4.69) is 30.3 Å². The van der Waals surface area contributed by atoms with Gasteiger partial charge < -0.3 is 14.7 Å². The first kappa shape index (κ1) is 21.9. The summed E-state index contributed by atoms with van der Waals surface area (Å²) in [6.45, 7) is 2.20. The summed E-state index contributed by atoms with van der Waals surface area (Å²) in [7, 11) is 0. The van der Waals surface area contributed by atoms with Crippen LogP contribution in [0.1, 0.15) is 59.4 Å². The molecule has 2 heterocycles. The fourth-order valence-electron chi connectivity index (χ4n) is 6.46. The molecule has 0 radical (unpaired) electrons. The number of nitrogens with zero attached hydrogens (tertiary/aromatic N) is 2. The van der Waals surface area contributed by atoms with Gasteiger partial charge in [0.25, 0.3) is 0 Å². The highest BCUT2D eigenvalue weighted by Gasteiger charge is 2.50. The fraction of sp³-hybridized carbons (Fsp3) is 0.333. The quantitative estimate of drug-likeness (QED) is 0.545. The van der Waals surface area contributed by atoms with Crippen molar-refractivity contribution in [3.63, 3.8) is 0 Å². The van der Waals surface area contributed by atoms with Gasteiger partial charge in [-0.05, 0) is 59.2 Å². The molecule has 6 rings (SSSR count). The molecule has 2 unspecified atom stereocenters. The second kappa shape index (κ2) is 8.25. The van der Waals surface area contributed by atoms with Crippen molar-refractivity contribution in [3.8, 4) is 17.2 Å². The molecule has 3 aromatic rings. The maximum absolute atomic E-state index is 13.3. The van der Waals surface area contributed by atoms with E-state index in [0.29, 0.717) is 25.0 Å². The van der Waals surface area contributed by atoms with Gasteiger partial charge in [0.2, 0.25) is 0 Å². The molecule has 1 N–H and O–H groups in total. The summed E-state index contributed by atoms with van der Waals surface area (Å²) >= 11 is 0. The van der Waals surface area contributed by atoms with Gasteiger partial charge in [0.05, 0.1) is 17.2 Å². The van der Waals surface area contributed by atoms with E-state index in [1.165, 1.54) is 22.3 Å². The van der Waals surface area contributed by atoms with E-state index in [9.17, 15) is 15.2 Å². The van der Waals surface area contributed by atoms with Crippen molar-refractivity contribution in [1.29, 1.82) is 5.26 Å². The van der Waals surface area contributed by atoms with Gasteiger partial charge in [0.1, 0.15) is 6.61 Å². The molecule has 5 heteroatoms. The Morgan fingerprint density at radius 3 is 2.23 bits per heavy atom. The zero-order chi connectivity index (χ0) is 24.2. The number of rotatable bonds is 3. The van der Waals surface area contributed by atoms with Crippen LogP contribution in [0.3, 0.4) is 0 Å². The van der Waals surface area contributed by atoms with Gasteiger partial charge in [-0.15, -0.1) is 0 Å². The predicted octanol–water partition coefficient (Wildman–Crippen LogP) is 5.63. The zero-order valence-corrected chi connectivity index (χ0v) is 19.8. The standard InChI is InChI=1S/C30H28N2O3/c1-19-10-11-21(14-20(19)17-31)30(34)15-22-12-13-23(16-30)32(22)29(33)35-18-28-26-8-4-2-6-24(26)25-7-3-5-9-27(25)28/h2-11,14,22-23,28,34H,12-13,15-16,18H2,1H3. The summed E-state index contributed by atoms with van der Waals surface area (Å²) in [6, 6.07) is 24.4. The highest BCUT2D eigenvalue weighted by atomic mass is 16.6. The Labute approximate surface area is 205 Å². The number of piperidine rings is 1. The lowest BCUT2D eigenvalue weighted by atomic mass is 9.80. The zero-order valence-electron chi connectivity index (χ0n) is 19.8. The topological polar surface area (TPSA) is 73.6 Å².